The Balaban J connectivity index is 3.84. The molecule has 128 valence electrons. The van der Waals surface area contributed by atoms with Crippen molar-refractivity contribution in [2.75, 3.05) is 6.54 Å². The van der Waals surface area contributed by atoms with Crippen LogP contribution in [0.4, 0.5) is 0 Å². The minimum atomic E-state index is -1.00. The molecule has 3 N–H and O–H groups in total. The van der Waals surface area contributed by atoms with Crippen molar-refractivity contribution in [1.29, 1.82) is 0 Å². The van der Waals surface area contributed by atoms with Crippen molar-refractivity contribution in [2.45, 2.75) is 77.7 Å². The largest absolute Gasteiger partial charge is 0.480 e. The van der Waals surface area contributed by atoms with Gasteiger partial charge in [-0.25, -0.2) is 4.79 Å². The molecular weight excluding hydrogens is 284 g/mol. The van der Waals surface area contributed by atoms with E-state index >= 15 is 0 Å². The Bertz CT molecular complexity index is 345. The standard InChI is InChI=1S/C16H30N2O4/c1-3-5-10-14(19)17-12-8-7-9-13(16(21)22)18-15(20)11-6-4-2/h13H,3-12H2,1-2H3,(H,17,19)(H,18,20)(H,21,22). The SMILES string of the molecule is CCCCC(=O)NCCCCC(NC(=O)CCCC)C(=O)O. The molecule has 6 heteroatoms. The van der Waals surface area contributed by atoms with Crippen molar-refractivity contribution < 1.29 is 19.5 Å². The van der Waals surface area contributed by atoms with Crippen LogP contribution < -0.4 is 10.6 Å². The van der Waals surface area contributed by atoms with Crippen LogP contribution in [-0.4, -0.2) is 35.5 Å². The molecule has 0 rings (SSSR count). The summed E-state index contributed by atoms with van der Waals surface area (Å²) < 4.78 is 0. The Morgan fingerprint density at radius 1 is 0.909 bits per heavy atom. The van der Waals surface area contributed by atoms with Crippen LogP contribution in [0.3, 0.4) is 0 Å². The second-order valence-electron chi connectivity index (χ2n) is 5.51. The third-order valence-electron chi connectivity index (χ3n) is 3.39. The number of carbonyl (C=O) groups excluding carboxylic acids is 2. The smallest absolute Gasteiger partial charge is 0.326 e. The molecule has 1 unspecified atom stereocenters. The molecule has 6 nitrogen and oxygen atoms in total. The quantitative estimate of drug-likeness (QED) is 0.454. The first-order valence-corrected chi connectivity index (χ1v) is 8.30. The Morgan fingerprint density at radius 3 is 2.05 bits per heavy atom. The fourth-order valence-corrected chi connectivity index (χ4v) is 1.99. The number of carboxylic acids is 1. The molecule has 0 aliphatic carbocycles. The minimum Gasteiger partial charge on any atom is -0.480 e. The van der Waals surface area contributed by atoms with E-state index in [4.69, 9.17) is 5.11 Å². The third-order valence-corrected chi connectivity index (χ3v) is 3.39. The maximum absolute atomic E-state index is 11.6. The summed E-state index contributed by atoms with van der Waals surface area (Å²) in [5, 5.41) is 14.5. The van der Waals surface area contributed by atoms with Crippen LogP contribution in [0.5, 0.6) is 0 Å². The van der Waals surface area contributed by atoms with E-state index in [0.29, 0.717) is 38.6 Å². The van der Waals surface area contributed by atoms with Crippen molar-refractivity contribution in [3.05, 3.63) is 0 Å². The van der Waals surface area contributed by atoms with Gasteiger partial charge in [-0.2, -0.15) is 0 Å². The molecule has 0 aromatic carbocycles. The molecule has 0 radical (unpaired) electrons. The highest BCUT2D eigenvalue weighted by Crippen LogP contribution is 2.03. The first-order chi connectivity index (χ1) is 10.5. The van der Waals surface area contributed by atoms with Crippen LogP contribution in [0.1, 0.15) is 71.6 Å². The van der Waals surface area contributed by atoms with Crippen LogP contribution in [0, 0.1) is 0 Å². The molecule has 0 aliphatic heterocycles. The summed E-state index contributed by atoms with van der Waals surface area (Å²) in [6, 6.07) is -0.833. The Hall–Kier alpha value is -1.59. The van der Waals surface area contributed by atoms with E-state index in [1.807, 2.05) is 13.8 Å². The summed E-state index contributed by atoms with van der Waals surface area (Å²) in [5.74, 6) is -1.16. The predicted molar refractivity (Wildman–Crippen MR) is 85.5 cm³/mol. The van der Waals surface area contributed by atoms with Crippen molar-refractivity contribution in [1.82, 2.24) is 10.6 Å². The van der Waals surface area contributed by atoms with Gasteiger partial charge in [-0.15, -0.1) is 0 Å². The third kappa shape index (κ3) is 11.1. The molecule has 2 amide bonds. The van der Waals surface area contributed by atoms with E-state index < -0.39 is 12.0 Å². The molecule has 0 spiro atoms. The molecule has 0 bridgehead atoms. The van der Waals surface area contributed by atoms with E-state index in [-0.39, 0.29) is 11.8 Å². The average Bonchev–Trinajstić information content (AvgIpc) is 2.49. The number of unbranched alkanes of at least 4 members (excludes halogenated alkanes) is 3. The van der Waals surface area contributed by atoms with Crippen molar-refractivity contribution in [3.8, 4) is 0 Å². The van der Waals surface area contributed by atoms with E-state index in [1.54, 1.807) is 0 Å². The van der Waals surface area contributed by atoms with Gasteiger partial charge in [-0.3, -0.25) is 9.59 Å². The van der Waals surface area contributed by atoms with Gasteiger partial charge >= 0.3 is 5.97 Å². The van der Waals surface area contributed by atoms with Gasteiger partial charge in [0.2, 0.25) is 11.8 Å². The lowest BCUT2D eigenvalue weighted by atomic mass is 10.1. The molecule has 0 saturated carbocycles. The molecule has 0 saturated heterocycles. The van der Waals surface area contributed by atoms with Crippen molar-refractivity contribution in [2.24, 2.45) is 0 Å². The lowest BCUT2D eigenvalue weighted by Gasteiger charge is -2.14. The Labute approximate surface area is 133 Å². The number of nitrogens with one attached hydrogen (secondary N) is 2. The highest BCUT2D eigenvalue weighted by atomic mass is 16.4. The van der Waals surface area contributed by atoms with Gasteiger partial charge in [0.05, 0.1) is 0 Å². The zero-order chi connectivity index (χ0) is 16.8. The number of hydrogen-bond donors (Lipinski definition) is 3. The van der Waals surface area contributed by atoms with Crippen molar-refractivity contribution in [3.63, 3.8) is 0 Å². The fraction of sp³-hybridized carbons (Fsp3) is 0.812. The van der Waals surface area contributed by atoms with Gasteiger partial charge in [0.1, 0.15) is 6.04 Å². The maximum Gasteiger partial charge on any atom is 0.326 e. The Kier molecular flexibility index (Phi) is 12.2. The van der Waals surface area contributed by atoms with E-state index in [1.165, 1.54) is 0 Å². The van der Waals surface area contributed by atoms with Gasteiger partial charge in [0.15, 0.2) is 0 Å². The van der Waals surface area contributed by atoms with Crippen LogP contribution in [0.25, 0.3) is 0 Å². The van der Waals surface area contributed by atoms with Gasteiger partial charge in [-0.05, 0) is 32.1 Å². The predicted octanol–water partition coefficient (Wildman–Crippen LogP) is 2.22. The minimum absolute atomic E-state index is 0.0458. The van der Waals surface area contributed by atoms with Gasteiger partial charge < -0.3 is 15.7 Å². The Morgan fingerprint density at radius 2 is 1.50 bits per heavy atom. The lowest BCUT2D eigenvalue weighted by molar-refractivity contribution is -0.142. The summed E-state index contributed by atoms with van der Waals surface area (Å²) in [5.41, 5.74) is 0. The number of carbonyl (C=O) groups is 3. The normalized spacial score (nSPS) is 11.7. The summed E-state index contributed by atoms with van der Waals surface area (Å²) in [6.45, 7) is 4.57. The van der Waals surface area contributed by atoms with Crippen LogP contribution in [-0.2, 0) is 14.4 Å². The summed E-state index contributed by atoms with van der Waals surface area (Å²) in [7, 11) is 0. The molecule has 0 heterocycles. The molecule has 0 fully saturated rings. The van der Waals surface area contributed by atoms with E-state index in [9.17, 15) is 14.4 Å². The summed E-state index contributed by atoms with van der Waals surface area (Å²) in [4.78, 5) is 34.1. The molecule has 22 heavy (non-hydrogen) atoms. The van der Waals surface area contributed by atoms with Gasteiger partial charge in [0.25, 0.3) is 0 Å². The lowest BCUT2D eigenvalue weighted by Crippen LogP contribution is -2.40. The van der Waals surface area contributed by atoms with Crippen LogP contribution in [0.15, 0.2) is 0 Å². The fourth-order valence-electron chi connectivity index (χ4n) is 1.99. The zero-order valence-electron chi connectivity index (χ0n) is 13.8. The molecule has 1 atom stereocenters. The second kappa shape index (κ2) is 13.1. The number of carboxylic acid groups (broad SMARTS) is 1. The molecule has 0 aliphatic rings. The molecular formula is C16H30N2O4. The first-order valence-electron chi connectivity index (χ1n) is 8.30. The topological polar surface area (TPSA) is 95.5 Å². The molecule has 0 aromatic rings. The number of amides is 2. The van der Waals surface area contributed by atoms with Crippen molar-refractivity contribution >= 4 is 17.8 Å². The summed E-state index contributed by atoms with van der Waals surface area (Å²) >= 11 is 0. The van der Waals surface area contributed by atoms with Crippen LogP contribution in [0.2, 0.25) is 0 Å². The zero-order valence-corrected chi connectivity index (χ0v) is 13.8. The second-order valence-corrected chi connectivity index (χ2v) is 5.51. The van der Waals surface area contributed by atoms with E-state index in [0.717, 1.165) is 25.7 Å². The maximum atomic E-state index is 11.6. The summed E-state index contributed by atoms with van der Waals surface area (Å²) in [6.07, 6.45) is 6.21. The highest BCUT2D eigenvalue weighted by Gasteiger charge is 2.18. The monoisotopic (exact) mass is 314 g/mol. The van der Waals surface area contributed by atoms with Crippen LogP contribution >= 0.6 is 0 Å². The number of hydrogen-bond acceptors (Lipinski definition) is 3. The first kappa shape index (κ1) is 20.4. The highest BCUT2D eigenvalue weighted by molar-refractivity contribution is 5.83. The number of rotatable bonds is 13. The average molecular weight is 314 g/mol. The molecule has 0 aromatic heterocycles. The number of aliphatic carboxylic acids is 1. The van der Waals surface area contributed by atoms with Gasteiger partial charge in [-0.1, -0.05) is 26.7 Å². The van der Waals surface area contributed by atoms with Gasteiger partial charge in [0, 0.05) is 19.4 Å². The van der Waals surface area contributed by atoms with E-state index in [2.05, 4.69) is 10.6 Å².